The van der Waals surface area contributed by atoms with Gasteiger partial charge in [0.05, 0.1) is 23.9 Å². The molecular weight excluding hydrogens is 246 g/mol. The van der Waals surface area contributed by atoms with Gasteiger partial charge in [-0.3, -0.25) is 0 Å². The van der Waals surface area contributed by atoms with E-state index in [1.54, 1.807) is 0 Å². The molecule has 1 unspecified atom stereocenters. The maximum atomic E-state index is 9.41. The van der Waals surface area contributed by atoms with Crippen molar-refractivity contribution in [3.63, 3.8) is 0 Å². The van der Waals surface area contributed by atoms with Gasteiger partial charge in [0.15, 0.2) is 11.7 Å². The molecule has 1 fully saturated rings. The van der Waals surface area contributed by atoms with Crippen molar-refractivity contribution in [2.45, 2.75) is 32.7 Å². The maximum absolute atomic E-state index is 9.41. The van der Waals surface area contributed by atoms with E-state index in [4.69, 9.17) is 10.9 Å². The number of oxime groups is 1. The lowest BCUT2D eigenvalue weighted by Gasteiger charge is -2.26. The number of hydrogen-bond donors (Lipinski definition) is 3. The average Bonchev–Trinajstić information content (AvgIpc) is 2.89. The molecule has 7 nitrogen and oxygen atoms in total. The van der Waals surface area contributed by atoms with Crippen LogP contribution in [0.1, 0.15) is 29.7 Å². The van der Waals surface area contributed by atoms with Gasteiger partial charge < -0.3 is 20.9 Å². The standard InChI is InChI=1S/C12H19N5O2/c1-7-8(2)14-15-12(10(7)11(13)16-19)17-5-3-4-9(17)6-18/h9,18-19H,3-6H2,1-2H3,(H2,13,16). The Morgan fingerprint density at radius 2 is 2.21 bits per heavy atom. The summed E-state index contributed by atoms with van der Waals surface area (Å²) in [4.78, 5) is 1.98. The lowest BCUT2D eigenvalue weighted by Crippen LogP contribution is -2.35. The van der Waals surface area contributed by atoms with Crippen LogP contribution in [0.2, 0.25) is 0 Å². The Morgan fingerprint density at radius 1 is 1.47 bits per heavy atom. The van der Waals surface area contributed by atoms with E-state index < -0.39 is 0 Å². The zero-order chi connectivity index (χ0) is 14.0. The summed E-state index contributed by atoms with van der Waals surface area (Å²) in [5.74, 6) is 0.601. The Kier molecular flexibility index (Phi) is 3.84. The lowest BCUT2D eigenvalue weighted by molar-refractivity contribution is 0.266. The summed E-state index contributed by atoms with van der Waals surface area (Å²) >= 11 is 0. The van der Waals surface area contributed by atoms with Crippen molar-refractivity contribution in [1.82, 2.24) is 10.2 Å². The van der Waals surface area contributed by atoms with Crippen LogP contribution in [-0.2, 0) is 0 Å². The fraction of sp³-hybridized carbons (Fsp3) is 0.583. The number of nitrogens with two attached hydrogens (primary N) is 1. The largest absolute Gasteiger partial charge is 0.409 e. The van der Waals surface area contributed by atoms with E-state index in [9.17, 15) is 5.11 Å². The molecule has 0 aromatic carbocycles. The van der Waals surface area contributed by atoms with Crippen molar-refractivity contribution < 1.29 is 10.3 Å². The van der Waals surface area contributed by atoms with Crippen molar-refractivity contribution in [2.75, 3.05) is 18.1 Å². The van der Waals surface area contributed by atoms with Crippen LogP contribution >= 0.6 is 0 Å². The van der Waals surface area contributed by atoms with Gasteiger partial charge in [0.25, 0.3) is 0 Å². The fourth-order valence-corrected chi connectivity index (χ4v) is 2.46. The van der Waals surface area contributed by atoms with Crippen LogP contribution < -0.4 is 10.6 Å². The second-order valence-corrected chi connectivity index (χ2v) is 4.77. The van der Waals surface area contributed by atoms with E-state index in [0.717, 1.165) is 30.6 Å². The van der Waals surface area contributed by atoms with Gasteiger partial charge >= 0.3 is 0 Å². The molecule has 2 heterocycles. The Balaban J connectivity index is 2.54. The molecule has 1 atom stereocenters. The quantitative estimate of drug-likeness (QED) is 0.311. The number of aliphatic hydroxyl groups excluding tert-OH is 1. The molecule has 0 saturated carbocycles. The average molecular weight is 265 g/mol. The van der Waals surface area contributed by atoms with Crippen LogP contribution in [0.25, 0.3) is 0 Å². The van der Waals surface area contributed by atoms with E-state index in [1.165, 1.54) is 0 Å². The van der Waals surface area contributed by atoms with Crippen LogP contribution in [0.5, 0.6) is 0 Å². The Morgan fingerprint density at radius 3 is 2.84 bits per heavy atom. The Labute approximate surface area is 111 Å². The van der Waals surface area contributed by atoms with E-state index in [0.29, 0.717) is 11.4 Å². The molecule has 2 rings (SSSR count). The number of rotatable bonds is 3. The van der Waals surface area contributed by atoms with Gasteiger partial charge in [-0.25, -0.2) is 0 Å². The first-order valence-electron chi connectivity index (χ1n) is 6.29. The first kappa shape index (κ1) is 13.5. The van der Waals surface area contributed by atoms with Crippen molar-refractivity contribution in [1.29, 1.82) is 0 Å². The summed E-state index contributed by atoms with van der Waals surface area (Å²) in [5, 5.41) is 29.7. The smallest absolute Gasteiger partial charge is 0.174 e. The third-order valence-corrected chi connectivity index (χ3v) is 3.66. The number of aliphatic hydroxyl groups is 1. The molecule has 0 radical (unpaired) electrons. The summed E-state index contributed by atoms with van der Waals surface area (Å²) in [5.41, 5.74) is 7.93. The van der Waals surface area contributed by atoms with Gasteiger partial charge in [-0.05, 0) is 32.3 Å². The van der Waals surface area contributed by atoms with Gasteiger partial charge in [0, 0.05) is 6.54 Å². The van der Waals surface area contributed by atoms with E-state index in [2.05, 4.69) is 15.4 Å². The van der Waals surface area contributed by atoms with E-state index >= 15 is 0 Å². The van der Waals surface area contributed by atoms with Gasteiger partial charge in [0.1, 0.15) is 0 Å². The number of amidine groups is 1. The highest BCUT2D eigenvalue weighted by atomic mass is 16.4. The van der Waals surface area contributed by atoms with Crippen LogP contribution in [0.4, 0.5) is 5.82 Å². The number of nitrogens with zero attached hydrogens (tertiary/aromatic N) is 4. The van der Waals surface area contributed by atoms with Crippen LogP contribution in [-0.4, -0.2) is 45.5 Å². The van der Waals surface area contributed by atoms with Gasteiger partial charge in [0.2, 0.25) is 0 Å². The molecule has 1 aromatic heterocycles. The normalized spacial score (nSPS) is 20.1. The number of aryl methyl sites for hydroxylation is 1. The van der Waals surface area contributed by atoms with Crippen LogP contribution in [0.3, 0.4) is 0 Å². The predicted octanol–water partition coefficient (Wildman–Crippen LogP) is 0.149. The molecule has 1 aromatic rings. The van der Waals surface area contributed by atoms with Crippen LogP contribution in [0, 0.1) is 13.8 Å². The Bertz CT molecular complexity index is 503. The summed E-state index contributed by atoms with van der Waals surface area (Å²) in [7, 11) is 0. The first-order valence-corrected chi connectivity index (χ1v) is 6.29. The minimum Gasteiger partial charge on any atom is -0.409 e. The van der Waals surface area contributed by atoms with Gasteiger partial charge in [-0.1, -0.05) is 5.16 Å². The topological polar surface area (TPSA) is 108 Å². The third-order valence-electron chi connectivity index (χ3n) is 3.66. The minimum atomic E-state index is 0.0154. The molecule has 1 saturated heterocycles. The maximum Gasteiger partial charge on any atom is 0.174 e. The number of anilines is 1. The predicted molar refractivity (Wildman–Crippen MR) is 71.5 cm³/mol. The molecule has 4 N–H and O–H groups in total. The molecule has 1 aliphatic rings. The second kappa shape index (κ2) is 5.40. The van der Waals surface area contributed by atoms with Gasteiger partial charge in [-0.2, -0.15) is 5.10 Å². The minimum absolute atomic E-state index is 0.0154. The monoisotopic (exact) mass is 265 g/mol. The van der Waals surface area contributed by atoms with Crippen molar-refractivity contribution in [3.05, 3.63) is 16.8 Å². The molecule has 19 heavy (non-hydrogen) atoms. The third kappa shape index (κ3) is 2.33. The van der Waals surface area contributed by atoms with Crippen molar-refractivity contribution in [3.8, 4) is 0 Å². The van der Waals surface area contributed by atoms with E-state index in [-0.39, 0.29) is 18.5 Å². The highest BCUT2D eigenvalue weighted by Gasteiger charge is 2.29. The lowest BCUT2D eigenvalue weighted by atomic mass is 10.1. The molecule has 104 valence electrons. The number of hydrogen-bond acceptors (Lipinski definition) is 6. The SMILES string of the molecule is Cc1nnc(N2CCCC2CO)c(/C(N)=N/O)c1C. The van der Waals surface area contributed by atoms with Gasteiger partial charge in [-0.15, -0.1) is 5.10 Å². The van der Waals surface area contributed by atoms with Crippen LogP contribution in [0.15, 0.2) is 5.16 Å². The van der Waals surface area contributed by atoms with Crippen molar-refractivity contribution >= 4 is 11.7 Å². The summed E-state index contributed by atoms with van der Waals surface area (Å²) < 4.78 is 0. The highest BCUT2D eigenvalue weighted by Crippen LogP contribution is 2.28. The van der Waals surface area contributed by atoms with Crippen molar-refractivity contribution in [2.24, 2.45) is 10.9 Å². The highest BCUT2D eigenvalue weighted by molar-refractivity contribution is 6.02. The zero-order valence-corrected chi connectivity index (χ0v) is 11.2. The molecule has 0 amide bonds. The molecule has 0 aliphatic carbocycles. The van der Waals surface area contributed by atoms with E-state index in [1.807, 2.05) is 18.7 Å². The molecule has 0 bridgehead atoms. The fourth-order valence-electron chi connectivity index (χ4n) is 2.46. The molecule has 7 heteroatoms. The summed E-state index contributed by atoms with van der Waals surface area (Å²) in [6.07, 6.45) is 1.89. The molecule has 1 aliphatic heterocycles. The zero-order valence-electron chi connectivity index (χ0n) is 11.2. The summed E-state index contributed by atoms with van der Waals surface area (Å²) in [6, 6.07) is 0.0154. The molecular formula is C12H19N5O2. The first-order chi connectivity index (χ1) is 9.10. The summed E-state index contributed by atoms with van der Waals surface area (Å²) in [6.45, 7) is 4.54. The second-order valence-electron chi connectivity index (χ2n) is 4.77. The molecule has 0 spiro atoms. The number of aromatic nitrogens is 2. The Hall–Kier alpha value is -1.89.